The zero-order chi connectivity index (χ0) is 16.2. The molecule has 0 atom stereocenters. The first kappa shape index (κ1) is 15.7. The summed E-state index contributed by atoms with van der Waals surface area (Å²) in [6.45, 7) is 3.45. The maximum Gasteiger partial charge on any atom is 0.356 e. The number of hydrogen-bond acceptors (Lipinski definition) is 5. The summed E-state index contributed by atoms with van der Waals surface area (Å²) < 4.78 is 0. The third-order valence-electron chi connectivity index (χ3n) is 3.89. The number of fused-ring (bicyclic) bond motifs is 1. The molecule has 1 aromatic carbocycles. The van der Waals surface area contributed by atoms with Crippen molar-refractivity contribution in [1.29, 1.82) is 0 Å². The van der Waals surface area contributed by atoms with Crippen LogP contribution in [-0.2, 0) is 13.0 Å². The minimum atomic E-state index is -1.07. The van der Waals surface area contributed by atoms with E-state index in [0.717, 1.165) is 37.6 Å². The van der Waals surface area contributed by atoms with Crippen LogP contribution in [-0.4, -0.2) is 45.6 Å². The summed E-state index contributed by atoms with van der Waals surface area (Å²) in [6, 6.07) is 6.05. The Bertz CT molecular complexity index is 706. The maximum atomic E-state index is 10.7. The van der Waals surface area contributed by atoms with Crippen LogP contribution in [0.25, 0.3) is 0 Å². The summed E-state index contributed by atoms with van der Waals surface area (Å²) in [5, 5.41) is 12.8. The van der Waals surface area contributed by atoms with E-state index in [-0.39, 0.29) is 5.69 Å². The average molecular weight is 333 g/mol. The lowest BCUT2D eigenvalue weighted by atomic mass is 10.00. The van der Waals surface area contributed by atoms with E-state index in [9.17, 15) is 4.79 Å². The van der Waals surface area contributed by atoms with Crippen LogP contribution in [0, 0.1) is 0 Å². The number of carbonyl (C=O) groups is 1. The third kappa shape index (κ3) is 3.78. The number of rotatable bonds is 5. The second-order valence-electron chi connectivity index (χ2n) is 5.42. The molecular weight excluding hydrogens is 316 g/mol. The number of aromatic carboxylic acids is 1. The van der Waals surface area contributed by atoms with Crippen molar-refractivity contribution in [2.75, 3.05) is 25.0 Å². The van der Waals surface area contributed by atoms with Gasteiger partial charge in [-0.05, 0) is 23.6 Å². The molecule has 0 bridgehead atoms. The fourth-order valence-electron chi connectivity index (χ4n) is 2.68. The van der Waals surface area contributed by atoms with Gasteiger partial charge in [0.25, 0.3) is 0 Å². The number of anilines is 1. The first-order chi connectivity index (χ1) is 11.1. The number of aromatic nitrogens is 2. The molecule has 6 nitrogen and oxygen atoms in total. The molecule has 0 saturated carbocycles. The molecule has 0 spiro atoms. The summed E-state index contributed by atoms with van der Waals surface area (Å²) in [6.07, 6.45) is 3.65. The van der Waals surface area contributed by atoms with Gasteiger partial charge < -0.3 is 10.4 Å². The molecule has 120 valence electrons. The lowest BCUT2D eigenvalue weighted by Gasteiger charge is -2.29. The highest BCUT2D eigenvalue weighted by atomic mass is 35.5. The zero-order valence-corrected chi connectivity index (χ0v) is 13.3. The van der Waals surface area contributed by atoms with Crippen molar-refractivity contribution in [1.82, 2.24) is 14.9 Å². The molecule has 0 saturated heterocycles. The summed E-state index contributed by atoms with van der Waals surface area (Å²) >= 11 is 6.22. The number of carboxylic acids is 1. The van der Waals surface area contributed by atoms with E-state index in [1.54, 1.807) is 0 Å². The van der Waals surface area contributed by atoms with Gasteiger partial charge >= 0.3 is 5.97 Å². The Morgan fingerprint density at radius 2 is 2.22 bits per heavy atom. The van der Waals surface area contributed by atoms with Crippen LogP contribution in [0.4, 0.5) is 5.82 Å². The van der Waals surface area contributed by atoms with E-state index in [4.69, 9.17) is 16.7 Å². The number of hydrogen-bond donors (Lipinski definition) is 2. The summed E-state index contributed by atoms with van der Waals surface area (Å²) in [7, 11) is 0. The van der Waals surface area contributed by atoms with Crippen LogP contribution in [0.3, 0.4) is 0 Å². The number of nitrogens with one attached hydrogen (secondary N) is 1. The van der Waals surface area contributed by atoms with E-state index in [0.29, 0.717) is 5.82 Å². The molecule has 0 radical (unpaired) electrons. The zero-order valence-electron chi connectivity index (χ0n) is 12.5. The minimum Gasteiger partial charge on any atom is -0.476 e. The number of halogens is 1. The van der Waals surface area contributed by atoms with E-state index >= 15 is 0 Å². The molecular formula is C16H17ClN4O2. The van der Waals surface area contributed by atoms with Crippen molar-refractivity contribution < 1.29 is 9.90 Å². The molecule has 2 aromatic rings. The second-order valence-corrected chi connectivity index (χ2v) is 5.83. The van der Waals surface area contributed by atoms with Crippen molar-refractivity contribution in [2.45, 2.75) is 13.0 Å². The van der Waals surface area contributed by atoms with Gasteiger partial charge in [-0.15, -0.1) is 0 Å². The normalized spacial score (nSPS) is 14.3. The Morgan fingerprint density at radius 3 is 2.96 bits per heavy atom. The van der Waals surface area contributed by atoms with Crippen LogP contribution in [0.5, 0.6) is 0 Å². The van der Waals surface area contributed by atoms with Crippen LogP contribution in [0.1, 0.15) is 21.6 Å². The Hall–Kier alpha value is -2.18. The smallest absolute Gasteiger partial charge is 0.356 e. The highest BCUT2D eigenvalue weighted by molar-refractivity contribution is 6.31. The molecule has 1 aromatic heterocycles. The predicted molar refractivity (Wildman–Crippen MR) is 87.9 cm³/mol. The molecule has 0 unspecified atom stereocenters. The molecule has 0 amide bonds. The lowest BCUT2D eigenvalue weighted by Crippen LogP contribution is -2.34. The average Bonchev–Trinajstić information content (AvgIpc) is 2.55. The van der Waals surface area contributed by atoms with E-state index in [1.165, 1.54) is 23.5 Å². The number of carboxylic acid groups (broad SMARTS) is 1. The standard InChI is InChI=1S/C16H17ClN4O2/c17-13-3-1-2-11-10-21(6-4-12(11)13)7-5-18-15-9-19-14(8-20-15)16(22)23/h1-3,8-9H,4-7,10H2,(H,18,20)(H,22,23). The molecule has 2 N–H and O–H groups in total. The molecule has 3 rings (SSSR count). The molecule has 0 fully saturated rings. The van der Waals surface area contributed by atoms with Gasteiger partial charge in [-0.25, -0.2) is 14.8 Å². The fraction of sp³-hybridized carbons (Fsp3) is 0.312. The molecule has 23 heavy (non-hydrogen) atoms. The Kier molecular flexibility index (Phi) is 4.73. The van der Waals surface area contributed by atoms with Gasteiger partial charge in [0.05, 0.1) is 12.4 Å². The highest BCUT2D eigenvalue weighted by Crippen LogP contribution is 2.25. The van der Waals surface area contributed by atoms with E-state index in [2.05, 4.69) is 26.3 Å². The van der Waals surface area contributed by atoms with Crippen LogP contribution >= 0.6 is 11.6 Å². The van der Waals surface area contributed by atoms with Crippen LogP contribution in [0.2, 0.25) is 5.02 Å². The Morgan fingerprint density at radius 1 is 1.35 bits per heavy atom. The minimum absolute atomic E-state index is 0.0555. The van der Waals surface area contributed by atoms with Crippen LogP contribution < -0.4 is 5.32 Å². The summed E-state index contributed by atoms with van der Waals surface area (Å²) in [5.74, 6) is -0.495. The third-order valence-corrected chi connectivity index (χ3v) is 4.25. The molecule has 2 heterocycles. The quantitative estimate of drug-likeness (QED) is 0.874. The second kappa shape index (κ2) is 6.93. The van der Waals surface area contributed by atoms with Gasteiger partial charge in [0.1, 0.15) is 5.82 Å². The van der Waals surface area contributed by atoms with Gasteiger partial charge in [-0.3, -0.25) is 4.90 Å². The number of benzene rings is 1. The maximum absolute atomic E-state index is 10.7. The number of nitrogens with zero attached hydrogens (tertiary/aromatic N) is 3. The molecule has 1 aliphatic rings. The van der Waals surface area contributed by atoms with E-state index < -0.39 is 5.97 Å². The van der Waals surface area contributed by atoms with Gasteiger partial charge in [-0.2, -0.15) is 0 Å². The summed E-state index contributed by atoms with van der Waals surface area (Å²) in [4.78, 5) is 20.9. The molecule has 7 heteroatoms. The van der Waals surface area contributed by atoms with Gasteiger partial charge in [0.15, 0.2) is 5.69 Å². The van der Waals surface area contributed by atoms with Gasteiger partial charge in [-0.1, -0.05) is 23.7 Å². The monoisotopic (exact) mass is 332 g/mol. The highest BCUT2D eigenvalue weighted by Gasteiger charge is 2.17. The molecule has 1 aliphatic heterocycles. The largest absolute Gasteiger partial charge is 0.476 e. The first-order valence-electron chi connectivity index (χ1n) is 7.41. The predicted octanol–water partition coefficient (Wildman–Crippen LogP) is 2.30. The van der Waals surface area contributed by atoms with Crippen molar-refractivity contribution >= 4 is 23.4 Å². The summed E-state index contributed by atoms with van der Waals surface area (Å²) in [5.41, 5.74) is 2.49. The lowest BCUT2D eigenvalue weighted by molar-refractivity contribution is 0.0690. The van der Waals surface area contributed by atoms with Crippen LogP contribution in [0.15, 0.2) is 30.6 Å². The Labute approximate surface area is 139 Å². The van der Waals surface area contributed by atoms with Crippen molar-refractivity contribution in [2.24, 2.45) is 0 Å². The van der Waals surface area contributed by atoms with Crippen molar-refractivity contribution in [3.05, 3.63) is 52.4 Å². The topological polar surface area (TPSA) is 78.3 Å². The SMILES string of the molecule is O=C(O)c1cnc(NCCN2CCc3c(Cl)cccc3C2)cn1. The van der Waals surface area contributed by atoms with Crippen molar-refractivity contribution in [3.8, 4) is 0 Å². The van der Waals surface area contributed by atoms with Gasteiger partial charge in [0.2, 0.25) is 0 Å². The Balaban J connectivity index is 1.51. The molecule has 0 aliphatic carbocycles. The first-order valence-corrected chi connectivity index (χ1v) is 7.79. The van der Waals surface area contributed by atoms with E-state index in [1.807, 2.05) is 12.1 Å². The fourth-order valence-corrected chi connectivity index (χ4v) is 2.97. The van der Waals surface area contributed by atoms with Crippen molar-refractivity contribution in [3.63, 3.8) is 0 Å². The van der Waals surface area contributed by atoms with Gasteiger partial charge in [0, 0.05) is 31.2 Å².